The standard InChI is InChI=1S/C10H14N2O2/c1-6-4-9(14-11-6)10-7(2)8(13)5-12(10)3/h4,7,10H,5H2,1-3H3. The molecule has 1 saturated heterocycles. The molecule has 4 heteroatoms. The quantitative estimate of drug-likeness (QED) is 0.673. The number of rotatable bonds is 1. The molecule has 76 valence electrons. The van der Waals surface area contributed by atoms with Crippen molar-refractivity contribution in [1.82, 2.24) is 10.1 Å². The molecule has 2 atom stereocenters. The molecule has 4 nitrogen and oxygen atoms in total. The lowest BCUT2D eigenvalue weighted by atomic mass is 10.00. The second-order valence-electron chi connectivity index (χ2n) is 3.99. The highest BCUT2D eigenvalue weighted by atomic mass is 16.5. The minimum Gasteiger partial charge on any atom is -0.359 e. The van der Waals surface area contributed by atoms with Gasteiger partial charge in [0.05, 0.1) is 18.3 Å². The molecule has 1 fully saturated rings. The van der Waals surface area contributed by atoms with Crippen molar-refractivity contribution in [2.45, 2.75) is 19.9 Å². The summed E-state index contributed by atoms with van der Waals surface area (Å²) in [5.41, 5.74) is 0.861. The van der Waals surface area contributed by atoms with Crippen LogP contribution in [0.5, 0.6) is 0 Å². The van der Waals surface area contributed by atoms with Crippen LogP contribution in [0.4, 0.5) is 0 Å². The highest BCUT2D eigenvalue weighted by molar-refractivity contribution is 5.85. The van der Waals surface area contributed by atoms with Crippen LogP contribution in [0, 0.1) is 12.8 Å². The topological polar surface area (TPSA) is 46.3 Å². The average molecular weight is 194 g/mol. The second kappa shape index (κ2) is 3.20. The Morgan fingerprint density at radius 1 is 1.64 bits per heavy atom. The summed E-state index contributed by atoms with van der Waals surface area (Å²) < 4.78 is 5.19. The molecule has 1 aromatic rings. The number of hydrogen-bond acceptors (Lipinski definition) is 4. The van der Waals surface area contributed by atoms with E-state index in [1.807, 2.05) is 31.9 Å². The molecule has 0 N–H and O–H groups in total. The molecule has 0 radical (unpaired) electrons. The van der Waals surface area contributed by atoms with Crippen LogP contribution in [0.3, 0.4) is 0 Å². The normalized spacial score (nSPS) is 28.6. The van der Waals surface area contributed by atoms with Gasteiger partial charge < -0.3 is 4.52 Å². The number of Topliss-reactive ketones (excluding diaryl/α,β-unsaturated/α-hetero) is 1. The van der Waals surface area contributed by atoms with E-state index >= 15 is 0 Å². The molecular weight excluding hydrogens is 180 g/mol. The zero-order chi connectivity index (χ0) is 10.3. The molecule has 1 aromatic heterocycles. The van der Waals surface area contributed by atoms with Crippen molar-refractivity contribution in [3.8, 4) is 0 Å². The summed E-state index contributed by atoms with van der Waals surface area (Å²) in [5, 5.41) is 3.84. The molecule has 14 heavy (non-hydrogen) atoms. The van der Waals surface area contributed by atoms with E-state index < -0.39 is 0 Å². The lowest BCUT2D eigenvalue weighted by Crippen LogP contribution is -2.19. The lowest BCUT2D eigenvalue weighted by Gasteiger charge is -2.17. The average Bonchev–Trinajstić information content (AvgIpc) is 2.60. The van der Waals surface area contributed by atoms with Crippen LogP contribution < -0.4 is 0 Å². The van der Waals surface area contributed by atoms with E-state index in [2.05, 4.69) is 5.16 Å². The Hall–Kier alpha value is -1.16. The molecule has 0 bridgehead atoms. The molecule has 0 spiro atoms. The van der Waals surface area contributed by atoms with Crippen molar-refractivity contribution in [3.63, 3.8) is 0 Å². The van der Waals surface area contributed by atoms with Crippen molar-refractivity contribution in [2.24, 2.45) is 5.92 Å². The van der Waals surface area contributed by atoms with Gasteiger partial charge in [-0.1, -0.05) is 12.1 Å². The fourth-order valence-electron chi connectivity index (χ4n) is 2.03. The number of ketones is 1. The second-order valence-corrected chi connectivity index (χ2v) is 3.99. The van der Waals surface area contributed by atoms with E-state index in [0.29, 0.717) is 6.54 Å². The van der Waals surface area contributed by atoms with Crippen molar-refractivity contribution in [2.75, 3.05) is 13.6 Å². The predicted octanol–water partition coefficient (Wildman–Crippen LogP) is 1.17. The number of hydrogen-bond donors (Lipinski definition) is 0. The third-order valence-corrected chi connectivity index (χ3v) is 2.80. The fourth-order valence-corrected chi connectivity index (χ4v) is 2.03. The highest BCUT2D eigenvalue weighted by Crippen LogP contribution is 2.33. The molecule has 0 aromatic carbocycles. The van der Waals surface area contributed by atoms with Crippen LogP contribution in [0.1, 0.15) is 24.4 Å². The summed E-state index contributed by atoms with van der Waals surface area (Å²) in [7, 11) is 1.93. The van der Waals surface area contributed by atoms with Gasteiger partial charge in [-0.25, -0.2) is 0 Å². The number of likely N-dealkylation sites (N-methyl/N-ethyl adjacent to an activating group) is 1. The maximum atomic E-state index is 11.5. The zero-order valence-electron chi connectivity index (χ0n) is 8.65. The number of aryl methyl sites for hydroxylation is 1. The summed E-state index contributed by atoms with van der Waals surface area (Å²) in [6, 6.07) is 1.96. The smallest absolute Gasteiger partial charge is 0.154 e. The number of carbonyl (C=O) groups excluding carboxylic acids is 1. The van der Waals surface area contributed by atoms with Crippen LogP contribution in [0.25, 0.3) is 0 Å². The largest absolute Gasteiger partial charge is 0.359 e. The summed E-state index contributed by atoms with van der Waals surface area (Å²) in [6.07, 6.45) is 0. The van der Waals surface area contributed by atoms with E-state index in [1.165, 1.54) is 0 Å². The van der Waals surface area contributed by atoms with Crippen LogP contribution in [-0.4, -0.2) is 29.4 Å². The minimum absolute atomic E-state index is 0.00681. The van der Waals surface area contributed by atoms with E-state index in [-0.39, 0.29) is 17.7 Å². The van der Waals surface area contributed by atoms with Crippen LogP contribution in [0.2, 0.25) is 0 Å². The molecule has 2 heterocycles. The molecule has 0 aliphatic carbocycles. The Morgan fingerprint density at radius 2 is 2.36 bits per heavy atom. The monoisotopic (exact) mass is 194 g/mol. The highest BCUT2D eigenvalue weighted by Gasteiger charge is 2.38. The molecule has 2 unspecified atom stereocenters. The number of likely N-dealkylation sites (tertiary alicyclic amines) is 1. The lowest BCUT2D eigenvalue weighted by molar-refractivity contribution is -0.119. The van der Waals surface area contributed by atoms with Gasteiger partial charge in [-0.15, -0.1) is 0 Å². The van der Waals surface area contributed by atoms with Crippen molar-refractivity contribution in [3.05, 3.63) is 17.5 Å². The van der Waals surface area contributed by atoms with Crippen molar-refractivity contribution < 1.29 is 9.32 Å². The SMILES string of the molecule is Cc1cc(C2C(C)C(=O)CN2C)on1. The first-order valence-corrected chi connectivity index (χ1v) is 4.76. The summed E-state index contributed by atoms with van der Waals surface area (Å²) in [6.45, 7) is 4.33. The van der Waals surface area contributed by atoms with E-state index in [0.717, 1.165) is 11.5 Å². The maximum absolute atomic E-state index is 11.5. The molecule has 0 amide bonds. The fraction of sp³-hybridized carbons (Fsp3) is 0.600. The molecule has 1 aliphatic rings. The van der Waals surface area contributed by atoms with Crippen LogP contribution >= 0.6 is 0 Å². The number of aromatic nitrogens is 1. The molecule has 1 aliphatic heterocycles. The van der Waals surface area contributed by atoms with E-state index in [9.17, 15) is 4.79 Å². The summed E-state index contributed by atoms with van der Waals surface area (Å²) >= 11 is 0. The summed E-state index contributed by atoms with van der Waals surface area (Å²) in [5.74, 6) is 1.07. The number of nitrogens with zero attached hydrogens (tertiary/aromatic N) is 2. The first kappa shape index (κ1) is 9.40. The van der Waals surface area contributed by atoms with E-state index in [1.54, 1.807) is 0 Å². The minimum atomic E-state index is 0.00681. The third kappa shape index (κ3) is 1.35. The first-order valence-electron chi connectivity index (χ1n) is 4.76. The van der Waals surface area contributed by atoms with Gasteiger partial charge in [0.25, 0.3) is 0 Å². The van der Waals surface area contributed by atoms with E-state index in [4.69, 9.17) is 4.52 Å². The Morgan fingerprint density at radius 3 is 2.79 bits per heavy atom. The van der Waals surface area contributed by atoms with Gasteiger partial charge in [-0.05, 0) is 14.0 Å². The van der Waals surface area contributed by atoms with Gasteiger partial charge in [0.2, 0.25) is 0 Å². The Kier molecular flexibility index (Phi) is 2.15. The van der Waals surface area contributed by atoms with Gasteiger partial charge >= 0.3 is 0 Å². The van der Waals surface area contributed by atoms with Gasteiger partial charge in [0.15, 0.2) is 11.5 Å². The van der Waals surface area contributed by atoms with Crippen molar-refractivity contribution >= 4 is 5.78 Å². The molecule has 2 rings (SSSR count). The predicted molar refractivity (Wildman–Crippen MR) is 50.8 cm³/mol. The Labute approximate surface area is 82.9 Å². The van der Waals surface area contributed by atoms with Gasteiger partial charge in [0.1, 0.15) is 0 Å². The van der Waals surface area contributed by atoms with Gasteiger partial charge in [-0.3, -0.25) is 9.69 Å². The maximum Gasteiger partial charge on any atom is 0.154 e. The zero-order valence-corrected chi connectivity index (χ0v) is 8.65. The molecule has 0 saturated carbocycles. The Balaban J connectivity index is 2.30. The first-order chi connectivity index (χ1) is 6.59. The Bertz CT molecular complexity index is 359. The number of carbonyl (C=O) groups is 1. The van der Waals surface area contributed by atoms with Crippen LogP contribution in [0.15, 0.2) is 10.6 Å². The van der Waals surface area contributed by atoms with Crippen LogP contribution in [-0.2, 0) is 4.79 Å². The summed E-state index contributed by atoms with van der Waals surface area (Å²) in [4.78, 5) is 13.5. The van der Waals surface area contributed by atoms with Crippen molar-refractivity contribution in [1.29, 1.82) is 0 Å². The third-order valence-electron chi connectivity index (χ3n) is 2.80. The van der Waals surface area contributed by atoms with Gasteiger partial charge in [-0.2, -0.15) is 0 Å². The molecular formula is C10H14N2O2. The van der Waals surface area contributed by atoms with Gasteiger partial charge in [0, 0.05) is 12.0 Å².